The second-order valence-electron chi connectivity index (χ2n) is 6.45. The van der Waals surface area contributed by atoms with E-state index in [0.29, 0.717) is 25.4 Å². The first kappa shape index (κ1) is 18.2. The lowest BCUT2D eigenvalue weighted by Crippen LogP contribution is -2.43. The first-order valence-corrected chi connectivity index (χ1v) is 9.93. The molecule has 1 saturated heterocycles. The zero-order valence-corrected chi connectivity index (χ0v) is 15.9. The van der Waals surface area contributed by atoms with Gasteiger partial charge in [0.25, 0.3) is 0 Å². The summed E-state index contributed by atoms with van der Waals surface area (Å²) in [5.41, 5.74) is 1.72. The first-order valence-electron chi connectivity index (χ1n) is 9.05. The van der Waals surface area contributed by atoms with Crippen molar-refractivity contribution in [1.29, 1.82) is 0 Å². The van der Waals surface area contributed by atoms with Gasteiger partial charge in [0, 0.05) is 18.5 Å². The van der Waals surface area contributed by atoms with Crippen LogP contribution in [0.25, 0.3) is 10.8 Å². The summed E-state index contributed by atoms with van der Waals surface area (Å²) in [5.74, 6) is 0.663. The molecule has 8 heteroatoms. The number of hydrogen-bond acceptors (Lipinski definition) is 5. The number of thiazole rings is 1. The molecule has 7 nitrogen and oxygen atoms in total. The minimum absolute atomic E-state index is 0.0493. The third kappa shape index (κ3) is 4.07. The molecule has 0 bridgehead atoms. The third-order valence-corrected chi connectivity index (χ3v) is 5.49. The number of benzene rings is 1. The molecule has 28 heavy (non-hydrogen) atoms. The fourth-order valence-corrected chi connectivity index (χ4v) is 4.00. The molecule has 0 aliphatic carbocycles. The van der Waals surface area contributed by atoms with Crippen molar-refractivity contribution in [2.24, 2.45) is 0 Å². The summed E-state index contributed by atoms with van der Waals surface area (Å²) in [6, 6.07) is 12.8. The van der Waals surface area contributed by atoms with Gasteiger partial charge in [-0.3, -0.25) is 4.79 Å². The average molecular weight is 396 g/mol. The first-order chi connectivity index (χ1) is 13.7. The van der Waals surface area contributed by atoms with Crippen LogP contribution in [0.4, 0.5) is 4.79 Å². The predicted octanol–water partition coefficient (Wildman–Crippen LogP) is 3.18. The Bertz CT molecular complexity index is 940. The molecule has 3 amide bonds. The number of nitrogens with zero attached hydrogens (tertiary/aromatic N) is 2. The minimum atomic E-state index is -0.294. The van der Waals surface area contributed by atoms with Gasteiger partial charge >= 0.3 is 6.03 Å². The maximum Gasteiger partial charge on any atom is 0.318 e. The summed E-state index contributed by atoms with van der Waals surface area (Å²) in [5, 5.41) is 8.45. The van der Waals surface area contributed by atoms with Gasteiger partial charge in [-0.25, -0.2) is 9.78 Å². The van der Waals surface area contributed by atoms with E-state index in [2.05, 4.69) is 15.6 Å². The van der Waals surface area contributed by atoms with Crippen LogP contribution in [0.15, 0.2) is 58.5 Å². The van der Waals surface area contributed by atoms with Gasteiger partial charge in [0.2, 0.25) is 5.91 Å². The van der Waals surface area contributed by atoms with E-state index >= 15 is 0 Å². The standard InChI is InChI=1S/C20H20N4O3S/c25-18-11-16(14-5-2-1-3-6-14)24(9-8-21-18)20(26)22-12-15-13-28-19(23-15)17-7-4-10-27-17/h1-7,10,13,16H,8-9,11-12H2,(H,21,25)(H,22,26)/t16-/m0/s1. The van der Waals surface area contributed by atoms with Crippen molar-refractivity contribution in [3.8, 4) is 10.8 Å². The average Bonchev–Trinajstić information content (AvgIpc) is 3.37. The summed E-state index contributed by atoms with van der Waals surface area (Å²) in [6.45, 7) is 1.20. The van der Waals surface area contributed by atoms with Gasteiger partial charge in [0.1, 0.15) is 0 Å². The number of nitrogens with one attached hydrogen (secondary N) is 2. The van der Waals surface area contributed by atoms with Crippen LogP contribution in [-0.4, -0.2) is 34.9 Å². The van der Waals surface area contributed by atoms with Gasteiger partial charge in [-0.15, -0.1) is 11.3 Å². The van der Waals surface area contributed by atoms with Crippen LogP contribution in [0.5, 0.6) is 0 Å². The molecule has 3 heterocycles. The lowest BCUT2D eigenvalue weighted by molar-refractivity contribution is -0.121. The monoisotopic (exact) mass is 396 g/mol. The van der Waals surface area contributed by atoms with Gasteiger partial charge in [0.15, 0.2) is 10.8 Å². The fourth-order valence-electron chi connectivity index (χ4n) is 3.21. The van der Waals surface area contributed by atoms with Crippen LogP contribution < -0.4 is 10.6 Å². The zero-order chi connectivity index (χ0) is 19.3. The molecule has 3 aromatic rings. The number of urea groups is 1. The molecule has 1 aliphatic heterocycles. The van der Waals surface area contributed by atoms with Crippen LogP contribution in [0, 0.1) is 0 Å². The second-order valence-corrected chi connectivity index (χ2v) is 7.31. The van der Waals surface area contributed by atoms with Crippen LogP contribution >= 0.6 is 11.3 Å². The third-order valence-electron chi connectivity index (χ3n) is 4.58. The lowest BCUT2D eigenvalue weighted by Gasteiger charge is -2.29. The van der Waals surface area contributed by atoms with E-state index in [0.717, 1.165) is 16.3 Å². The van der Waals surface area contributed by atoms with Crippen molar-refractivity contribution in [2.45, 2.75) is 19.0 Å². The summed E-state index contributed by atoms with van der Waals surface area (Å²) in [7, 11) is 0. The van der Waals surface area contributed by atoms with Crippen LogP contribution in [-0.2, 0) is 11.3 Å². The zero-order valence-electron chi connectivity index (χ0n) is 15.1. The van der Waals surface area contributed by atoms with E-state index in [1.807, 2.05) is 47.8 Å². The number of rotatable bonds is 4. The van der Waals surface area contributed by atoms with Crippen molar-refractivity contribution >= 4 is 23.3 Å². The minimum Gasteiger partial charge on any atom is -0.462 e. The maximum atomic E-state index is 12.9. The molecular weight excluding hydrogens is 376 g/mol. The summed E-state index contributed by atoms with van der Waals surface area (Å²) in [4.78, 5) is 31.1. The summed E-state index contributed by atoms with van der Waals surface area (Å²) in [6.07, 6.45) is 1.85. The van der Waals surface area contributed by atoms with Gasteiger partial charge in [0.05, 0.1) is 31.0 Å². The maximum absolute atomic E-state index is 12.9. The Morgan fingerprint density at radius 1 is 1.29 bits per heavy atom. The number of carbonyl (C=O) groups excluding carboxylic acids is 2. The van der Waals surface area contributed by atoms with E-state index in [1.54, 1.807) is 11.2 Å². The summed E-state index contributed by atoms with van der Waals surface area (Å²) >= 11 is 1.47. The van der Waals surface area contributed by atoms with Gasteiger partial charge < -0.3 is 20.0 Å². The topological polar surface area (TPSA) is 87.5 Å². The molecule has 0 unspecified atom stereocenters. The molecule has 0 radical (unpaired) electrons. The molecule has 144 valence electrons. The highest BCUT2D eigenvalue weighted by molar-refractivity contribution is 7.13. The highest BCUT2D eigenvalue weighted by Gasteiger charge is 2.29. The molecule has 2 N–H and O–H groups in total. The molecule has 2 aromatic heterocycles. The van der Waals surface area contributed by atoms with Crippen LogP contribution in [0.1, 0.15) is 23.7 Å². The molecular formula is C20H20N4O3S. The van der Waals surface area contributed by atoms with E-state index in [4.69, 9.17) is 4.42 Å². The molecule has 1 atom stereocenters. The Balaban J connectivity index is 1.45. The molecule has 0 spiro atoms. The highest BCUT2D eigenvalue weighted by atomic mass is 32.1. The number of carbonyl (C=O) groups is 2. The Kier molecular flexibility index (Phi) is 5.38. The van der Waals surface area contributed by atoms with Gasteiger partial charge in [-0.2, -0.15) is 0 Å². The summed E-state index contributed by atoms with van der Waals surface area (Å²) < 4.78 is 5.35. The van der Waals surface area contributed by atoms with Crippen LogP contribution in [0.3, 0.4) is 0 Å². The smallest absolute Gasteiger partial charge is 0.318 e. The highest BCUT2D eigenvalue weighted by Crippen LogP contribution is 2.26. The van der Waals surface area contributed by atoms with Crippen molar-refractivity contribution < 1.29 is 14.0 Å². The number of aromatic nitrogens is 1. The van der Waals surface area contributed by atoms with Crippen LogP contribution in [0.2, 0.25) is 0 Å². The Hall–Kier alpha value is -3.13. The normalized spacial score (nSPS) is 17.1. The van der Waals surface area contributed by atoms with Crippen molar-refractivity contribution in [3.05, 3.63) is 65.4 Å². The van der Waals surface area contributed by atoms with Crippen molar-refractivity contribution in [2.75, 3.05) is 13.1 Å². The van der Waals surface area contributed by atoms with E-state index < -0.39 is 0 Å². The van der Waals surface area contributed by atoms with E-state index in [-0.39, 0.29) is 24.4 Å². The molecule has 0 saturated carbocycles. The Morgan fingerprint density at radius 2 is 2.14 bits per heavy atom. The van der Waals surface area contributed by atoms with Gasteiger partial charge in [-0.1, -0.05) is 30.3 Å². The van der Waals surface area contributed by atoms with E-state index in [9.17, 15) is 9.59 Å². The SMILES string of the molecule is O=C1C[C@@H](c2ccccc2)N(C(=O)NCc2csc(-c3ccco3)n2)CCN1. The number of hydrogen-bond donors (Lipinski definition) is 2. The number of furan rings is 1. The molecule has 1 aromatic carbocycles. The van der Waals surface area contributed by atoms with Crippen molar-refractivity contribution in [1.82, 2.24) is 20.5 Å². The quantitative estimate of drug-likeness (QED) is 0.709. The molecule has 4 rings (SSSR count). The Labute approximate surface area is 166 Å². The fraction of sp³-hybridized carbons (Fsp3) is 0.250. The number of amides is 3. The Morgan fingerprint density at radius 3 is 2.93 bits per heavy atom. The van der Waals surface area contributed by atoms with E-state index in [1.165, 1.54) is 11.3 Å². The van der Waals surface area contributed by atoms with Gasteiger partial charge in [-0.05, 0) is 17.7 Å². The molecule has 1 fully saturated rings. The predicted molar refractivity (Wildman–Crippen MR) is 106 cm³/mol. The lowest BCUT2D eigenvalue weighted by atomic mass is 10.0. The largest absolute Gasteiger partial charge is 0.462 e. The molecule has 1 aliphatic rings. The second kappa shape index (κ2) is 8.26. The van der Waals surface area contributed by atoms with Crippen molar-refractivity contribution in [3.63, 3.8) is 0 Å².